The first-order chi connectivity index (χ1) is 13.9. The molecule has 0 heterocycles. The van der Waals surface area contributed by atoms with Gasteiger partial charge in [0, 0.05) is 22.8 Å². The van der Waals surface area contributed by atoms with E-state index in [0.717, 1.165) is 19.3 Å². The lowest BCUT2D eigenvalue weighted by molar-refractivity contribution is -0.147. The van der Waals surface area contributed by atoms with E-state index in [1.807, 2.05) is 0 Å². The van der Waals surface area contributed by atoms with Gasteiger partial charge >= 0.3 is 0 Å². The number of rotatable bonds is 8. The van der Waals surface area contributed by atoms with Crippen LogP contribution in [0, 0.1) is 23.1 Å². The van der Waals surface area contributed by atoms with Crippen LogP contribution >= 0.6 is 11.6 Å². The summed E-state index contributed by atoms with van der Waals surface area (Å²) in [5.41, 5.74) is 0.900. The minimum atomic E-state index is -0.502. The largest absolute Gasteiger partial charge is 0.383 e. The maximum Gasteiger partial charge on any atom is 0.246 e. The highest BCUT2D eigenvalue weighted by molar-refractivity contribution is 6.30. The van der Waals surface area contributed by atoms with Gasteiger partial charge in [0.25, 0.3) is 0 Å². The summed E-state index contributed by atoms with van der Waals surface area (Å²) in [5.74, 6) is -0.545. The summed E-state index contributed by atoms with van der Waals surface area (Å²) in [7, 11) is 0. The lowest BCUT2D eigenvalue weighted by atomic mass is 9.44. The Hall–Kier alpha value is -2.43. The Morgan fingerprint density at radius 3 is 2.76 bits per heavy atom. The van der Waals surface area contributed by atoms with Gasteiger partial charge in [0.1, 0.15) is 12.4 Å². The Bertz CT molecular complexity index is 900. The number of halogens is 2. The molecule has 0 saturated heterocycles. The van der Waals surface area contributed by atoms with Crippen molar-refractivity contribution in [1.82, 2.24) is 10.6 Å². The minimum absolute atomic E-state index is 0.0269. The van der Waals surface area contributed by atoms with Crippen LogP contribution in [-0.2, 0) is 9.53 Å². The SMILES string of the molecule is C=N/C(=C\NC12CC(NC(=O)COC3CC(C#N)C3)(C1)C2)c1ccc(Cl)c(F)c1. The van der Waals surface area contributed by atoms with Crippen LogP contribution in [0.4, 0.5) is 4.39 Å². The molecule has 1 aromatic rings. The lowest BCUT2D eigenvalue weighted by Gasteiger charge is -2.70. The van der Waals surface area contributed by atoms with E-state index in [-0.39, 0.29) is 40.6 Å². The quantitative estimate of drug-likeness (QED) is 0.637. The van der Waals surface area contributed by atoms with Gasteiger partial charge in [-0.05, 0) is 51.0 Å². The fourth-order valence-electron chi connectivity index (χ4n) is 4.50. The first-order valence-corrected chi connectivity index (χ1v) is 9.96. The zero-order valence-electron chi connectivity index (χ0n) is 15.9. The van der Waals surface area contributed by atoms with Crippen molar-refractivity contribution in [3.8, 4) is 6.07 Å². The normalized spacial score (nSPS) is 32.1. The molecule has 4 aliphatic rings. The van der Waals surface area contributed by atoms with Gasteiger partial charge < -0.3 is 15.4 Å². The summed E-state index contributed by atoms with van der Waals surface area (Å²) in [6.07, 6.45) is 5.66. The van der Waals surface area contributed by atoms with E-state index >= 15 is 0 Å². The third-order valence-electron chi connectivity index (χ3n) is 6.06. The third kappa shape index (κ3) is 3.87. The number of aliphatic imine (C=N–C) groups is 1. The molecule has 0 atom stereocenters. The van der Waals surface area contributed by atoms with Crippen LogP contribution in [0.1, 0.15) is 37.7 Å². The molecule has 0 unspecified atom stereocenters. The van der Waals surface area contributed by atoms with Crippen LogP contribution in [0.5, 0.6) is 0 Å². The molecule has 1 aromatic carbocycles. The number of nitriles is 1. The number of carbonyl (C=O) groups is 1. The third-order valence-corrected chi connectivity index (χ3v) is 6.37. The van der Waals surface area contributed by atoms with E-state index in [9.17, 15) is 9.18 Å². The molecule has 5 rings (SSSR count). The van der Waals surface area contributed by atoms with E-state index in [2.05, 4.69) is 28.4 Å². The standard InChI is InChI=1S/C21H22ClFN4O2/c1-25-18(14-2-3-16(22)17(23)6-14)8-26-20-10-21(11-20,12-20)27-19(28)9-29-15-4-13(5-15)7-24/h2-3,6,8,13,15,26H,1,4-5,9-12H2,(H,27,28)/b18-8-. The summed E-state index contributed by atoms with van der Waals surface area (Å²) >= 11 is 5.72. The number of carbonyl (C=O) groups excluding carboxylic acids is 1. The molecule has 2 bridgehead atoms. The van der Waals surface area contributed by atoms with E-state index in [1.165, 1.54) is 12.1 Å². The van der Waals surface area contributed by atoms with Gasteiger partial charge in [-0.3, -0.25) is 9.79 Å². The molecular weight excluding hydrogens is 395 g/mol. The Morgan fingerprint density at radius 1 is 1.41 bits per heavy atom. The van der Waals surface area contributed by atoms with Crippen molar-refractivity contribution in [2.24, 2.45) is 10.9 Å². The van der Waals surface area contributed by atoms with Crippen LogP contribution in [0.2, 0.25) is 5.02 Å². The van der Waals surface area contributed by atoms with E-state index in [1.54, 1.807) is 12.3 Å². The maximum absolute atomic E-state index is 13.7. The fraction of sp³-hybridized carbons (Fsp3) is 0.476. The molecule has 29 heavy (non-hydrogen) atoms. The number of nitrogens with zero attached hydrogens (tertiary/aromatic N) is 2. The molecule has 4 aliphatic carbocycles. The van der Waals surface area contributed by atoms with Crippen molar-refractivity contribution < 1.29 is 13.9 Å². The number of amides is 1. The minimum Gasteiger partial charge on any atom is -0.383 e. The van der Waals surface area contributed by atoms with Crippen molar-refractivity contribution in [2.75, 3.05) is 6.61 Å². The van der Waals surface area contributed by atoms with E-state index in [4.69, 9.17) is 21.6 Å². The first kappa shape index (κ1) is 19.9. The average molecular weight is 417 g/mol. The van der Waals surface area contributed by atoms with Gasteiger partial charge in [-0.15, -0.1) is 0 Å². The van der Waals surface area contributed by atoms with Gasteiger partial charge in [0.15, 0.2) is 0 Å². The van der Waals surface area contributed by atoms with Crippen molar-refractivity contribution in [3.05, 3.63) is 40.8 Å². The molecule has 4 fully saturated rings. The second-order valence-corrected chi connectivity index (χ2v) is 8.74. The number of hydrogen-bond donors (Lipinski definition) is 2. The molecule has 0 radical (unpaired) electrons. The van der Waals surface area contributed by atoms with E-state index < -0.39 is 5.82 Å². The molecule has 0 aliphatic heterocycles. The highest BCUT2D eigenvalue weighted by atomic mass is 35.5. The van der Waals surface area contributed by atoms with Crippen LogP contribution < -0.4 is 10.6 Å². The predicted octanol–water partition coefficient (Wildman–Crippen LogP) is 3.18. The number of benzene rings is 1. The van der Waals surface area contributed by atoms with Crippen molar-refractivity contribution >= 4 is 29.9 Å². The summed E-state index contributed by atoms with van der Waals surface area (Å²) < 4.78 is 19.2. The molecule has 8 heteroatoms. The summed E-state index contributed by atoms with van der Waals surface area (Å²) in [6.45, 7) is 3.59. The average Bonchev–Trinajstić information content (AvgIpc) is 2.60. The van der Waals surface area contributed by atoms with Crippen LogP contribution in [0.25, 0.3) is 5.70 Å². The number of nitrogens with one attached hydrogen (secondary N) is 2. The molecule has 0 spiro atoms. The summed E-state index contributed by atoms with van der Waals surface area (Å²) in [4.78, 5) is 16.1. The smallest absolute Gasteiger partial charge is 0.246 e. The molecular formula is C21H22ClFN4O2. The van der Waals surface area contributed by atoms with Crippen LogP contribution in [0.3, 0.4) is 0 Å². The van der Waals surface area contributed by atoms with Gasteiger partial charge in [0.05, 0.1) is 28.8 Å². The van der Waals surface area contributed by atoms with Gasteiger partial charge in [-0.1, -0.05) is 17.7 Å². The predicted molar refractivity (Wildman–Crippen MR) is 108 cm³/mol. The van der Waals surface area contributed by atoms with Gasteiger partial charge in [-0.25, -0.2) is 4.39 Å². The monoisotopic (exact) mass is 416 g/mol. The van der Waals surface area contributed by atoms with Crippen LogP contribution in [-0.4, -0.2) is 36.4 Å². The Balaban J connectivity index is 1.24. The molecule has 1 amide bonds. The summed E-state index contributed by atoms with van der Waals surface area (Å²) in [6, 6.07) is 6.71. The summed E-state index contributed by atoms with van der Waals surface area (Å²) in [5, 5.41) is 15.2. The molecule has 4 saturated carbocycles. The van der Waals surface area contributed by atoms with Crippen molar-refractivity contribution in [3.63, 3.8) is 0 Å². The second kappa shape index (κ2) is 7.43. The van der Waals surface area contributed by atoms with Gasteiger partial charge in [0.2, 0.25) is 5.91 Å². The highest BCUT2D eigenvalue weighted by Crippen LogP contribution is 2.60. The maximum atomic E-state index is 13.7. The Kier molecular flexibility index (Phi) is 5.09. The van der Waals surface area contributed by atoms with E-state index in [0.29, 0.717) is 24.1 Å². The van der Waals surface area contributed by atoms with Crippen molar-refractivity contribution in [2.45, 2.75) is 49.3 Å². The van der Waals surface area contributed by atoms with Crippen molar-refractivity contribution in [1.29, 1.82) is 5.26 Å². The zero-order valence-corrected chi connectivity index (χ0v) is 16.6. The molecule has 0 aromatic heterocycles. The Labute approximate surface area is 173 Å². The fourth-order valence-corrected chi connectivity index (χ4v) is 4.62. The number of hydrogen-bond acceptors (Lipinski definition) is 5. The molecule has 152 valence electrons. The second-order valence-electron chi connectivity index (χ2n) is 8.33. The zero-order chi connectivity index (χ0) is 20.6. The molecule has 2 N–H and O–H groups in total. The highest BCUT2D eigenvalue weighted by Gasteiger charge is 2.68. The Morgan fingerprint density at radius 2 is 2.14 bits per heavy atom. The molecule has 6 nitrogen and oxygen atoms in total. The topological polar surface area (TPSA) is 86.5 Å². The number of ether oxygens (including phenoxy) is 1. The van der Waals surface area contributed by atoms with Gasteiger partial charge in [-0.2, -0.15) is 5.26 Å². The first-order valence-electron chi connectivity index (χ1n) is 9.58. The lowest BCUT2D eigenvalue weighted by Crippen LogP contribution is -2.82. The van der Waals surface area contributed by atoms with Crippen LogP contribution in [0.15, 0.2) is 29.4 Å².